The average molecular weight is 579 g/mol. The molecule has 45 heavy (non-hydrogen) atoms. The number of fused-ring (bicyclic) bond motifs is 2. The number of hydrogen-bond donors (Lipinski definition) is 0. The maximum Gasteiger partial charge on any atom is 0.145 e. The highest BCUT2D eigenvalue weighted by molar-refractivity contribution is 5.88. The van der Waals surface area contributed by atoms with E-state index in [-0.39, 0.29) is 0 Å². The van der Waals surface area contributed by atoms with Crippen LogP contribution in [0.5, 0.6) is 0 Å². The third-order valence-electron chi connectivity index (χ3n) is 8.54. The van der Waals surface area contributed by atoms with E-state index in [0.29, 0.717) is 0 Å². The van der Waals surface area contributed by atoms with Gasteiger partial charge in [-0.15, -0.1) is 0 Å². The van der Waals surface area contributed by atoms with Gasteiger partial charge >= 0.3 is 0 Å². The van der Waals surface area contributed by atoms with Gasteiger partial charge in [0.1, 0.15) is 5.82 Å². The first-order valence-corrected chi connectivity index (χ1v) is 15.2. The first-order chi connectivity index (χ1) is 22.1. The van der Waals surface area contributed by atoms with E-state index in [1.807, 2.05) is 30.3 Å². The number of nitrogens with zero attached hydrogens (tertiary/aromatic N) is 4. The number of imidazole rings is 1. The molecule has 0 aliphatic heterocycles. The second-order valence-electron chi connectivity index (χ2n) is 11.5. The predicted molar refractivity (Wildman–Crippen MR) is 185 cm³/mol. The molecule has 6 aromatic carbocycles. The number of rotatable bonds is 5. The van der Waals surface area contributed by atoms with Gasteiger partial charge in [0.25, 0.3) is 0 Å². The Bertz CT molecular complexity index is 2300. The van der Waals surface area contributed by atoms with Crippen LogP contribution in [0, 0.1) is 13.8 Å². The lowest BCUT2D eigenvalue weighted by atomic mass is 9.99. The average Bonchev–Trinajstić information content (AvgIpc) is 3.49. The van der Waals surface area contributed by atoms with Gasteiger partial charge in [0, 0.05) is 22.4 Å². The van der Waals surface area contributed by atoms with E-state index >= 15 is 0 Å². The molecule has 8 rings (SSSR count). The minimum atomic E-state index is 0.888. The van der Waals surface area contributed by atoms with Crippen LogP contribution in [0.25, 0.3) is 72.8 Å². The van der Waals surface area contributed by atoms with Crippen LogP contribution >= 0.6 is 0 Å². The van der Waals surface area contributed by atoms with Crippen molar-refractivity contribution >= 4 is 22.1 Å². The van der Waals surface area contributed by atoms with Crippen LogP contribution in [-0.2, 0) is 0 Å². The molecule has 2 heterocycles. The predicted octanol–water partition coefficient (Wildman–Crippen LogP) is 10.3. The highest BCUT2D eigenvalue weighted by Crippen LogP contribution is 2.34. The molecule has 0 aliphatic rings. The molecule has 0 aliphatic carbocycles. The number of para-hydroxylation sites is 3. The van der Waals surface area contributed by atoms with Crippen LogP contribution in [0.3, 0.4) is 0 Å². The van der Waals surface area contributed by atoms with Gasteiger partial charge in [-0.25, -0.2) is 15.0 Å². The molecule has 0 N–H and O–H groups in total. The third kappa shape index (κ3) is 4.87. The Morgan fingerprint density at radius 3 is 1.47 bits per heavy atom. The lowest BCUT2D eigenvalue weighted by molar-refractivity contribution is 1.10. The van der Waals surface area contributed by atoms with E-state index in [1.165, 1.54) is 11.1 Å². The van der Waals surface area contributed by atoms with Gasteiger partial charge in [-0.1, -0.05) is 109 Å². The first kappa shape index (κ1) is 26.7. The summed E-state index contributed by atoms with van der Waals surface area (Å²) in [6, 6.07) is 50.6. The van der Waals surface area contributed by atoms with Crippen molar-refractivity contribution in [2.75, 3.05) is 0 Å². The summed E-state index contributed by atoms with van der Waals surface area (Å²) in [4.78, 5) is 15.3. The molecule has 0 saturated carbocycles. The van der Waals surface area contributed by atoms with Crippen molar-refractivity contribution in [3.63, 3.8) is 0 Å². The Morgan fingerprint density at radius 1 is 0.400 bits per heavy atom. The van der Waals surface area contributed by atoms with E-state index in [2.05, 4.69) is 134 Å². The normalized spacial score (nSPS) is 11.3. The molecule has 0 fully saturated rings. The fraction of sp³-hybridized carbons (Fsp3) is 0.0488. The summed E-state index contributed by atoms with van der Waals surface area (Å²) in [6.45, 7) is 4.25. The van der Waals surface area contributed by atoms with Crippen LogP contribution in [0.15, 0.2) is 146 Å². The van der Waals surface area contributed by atoms with Gasteiger partial charge in [-0.05, 0) is 72.5 Å². The molecule has 0 saturated heterocycles. The zero-order valence-electron chi connectivity index (χ0n) is 25.1. The van der Waals surface area contributed by atoms with Gasteiger partial charge in [-0.3, -0.25) is 4.57 Å². The summed E-state index contributed by atoms with van der Waals surface area (Å²) in [5, 5.41) is 0. The maximum absolute atomic E-state index is 5.15. The van der Waals surface area contributed by atoms with E-state index in [9.17, 15) is 0 Å². The van der Waals surface area contributed by atoms with Crippen molar-refractivity contribution in [1.82, 2.24) is 19.5 Å². The third-order valence-corrected chi connectivity index (χ3v) is 8.54. The fourth-order valence-corrected chi connectivity index (χ4v) is 6.00. The largest absolute Gasteiger partial charge is 0.292 e. The van der Waals surface area contributed by atoms with Gasteiger partial charge in [0.2, 0.25) is 0 Å². The second-order valence-corrected chi connectivity index (χ2v) is 11.5. The molecule has 2 aromatic heterocycles. The Labute approximate surface area is 262 Å². The molecule has 0 unspecified atom stereocenters. The van der Waals surface area contributed by atoms with Crippen molar-refractivity contribution in [3.8, 4) is 50.7 Å². The van der Waals surface area contributed by atoms with Crippen LogP contribution in [-0.4, -0.2) is 19.5 Å². The van der Waals surface area contributed by atoms with Crippen LogP contribution in [0.2, 0.25) is 0 Å². The Morgan fingerprint density at radius 2 is 0.867 bits per heavy atom. The lowest BCUT2D eigenvalue weighted by Gasteiger charge is -2.13. The molecule has 214 valence electrons. The highest BCUT2D eigenvalue weighted by atomic mass is 15.1. The minimum Gasteiger partial charge on any atom is -0.292 e. The SMILES string of the molecule is Cc1cc2nc(-c3ccccc3)c(-c3ccc(-c4ccc(-c5nc6ccccc6n5-c5ccccc5)cc4)cc3)nc2cc1C. The zero-order valence-corrected chi connectivity index (χ0v) is 25.1. The summed E-state index contributed by atoms with van der Waals surface area (Å²) >= 11 is 0. The van der Waals surface area contributed by atoms with Crippen molar-refractivity contribution in [2.24, 2.45) is 0 Å². The Kier molecular flexibility index (Phi) is 6.54. The smallest absolute Gasteiger partial charge is 0.145 e. The van der Waals surface area contributed by atoms with Gasteiger partial charge in [0.05, 0.1) is 33.5 Å². The molecular weight excluding hydrogens is 548 g/mol. The lowest BCUT2D eigenvalue weighted by Crippen LogP contribution is -1.97. The number of aryl methyl sites for hydroxylation is 2. The quantitative estimate of drug-likeness (QED) is 0.204. The highest BCUT2D eigenvalue weighted by Gasteiger charge is 2.16. The van der Waals surface area contributed by atoms with Gasteiger partial charge in [-0.2, -0.15) is 0 Å². The van der Waals surface area contributed by atoms with E-state index in [1.54, 1.807) is 0 Å². The molecule has 0 atom stereocenters. The Balaban J connectivity index is 1.16. The van der Waals surface area contributed by atoms with Gasteiger partial charge < -0.3 is 0 Å². The second kappa shape index (κ2) is 11.0. The van der Waals surface area contributed by atoms with Crippen molar-refractivity contribution in [2.45, 2.75) is 13.8 Å². The summed E-state index contributed by atoms with van der Waals surface area (Å²) in [5.74, 6) is 0.929. The number of aromatic nitrogens is 4. The molecule has 0 amide bonds. The fourth-order valence-electron chi connectivity index (χ4n) is 6.00. The van der Waals surface area contributed by atoms with Gasteiger partial charge in [0.15, 0.2) is 0 Å². The molecule has 8 aromatic rings. The molecular formula is C41H30N4. The first-order valence-electron chi connectivity index (χ1n) is 15.2. The van der Waals surface area contributed by atoms with Crippen LogP contribution in [0.1, 0.15) is 11.1 Å². The monoisotopic (exact) mass is 578 g/mol. The number of benzene rings is 6. The van der Waals surface area contributed by atoms with Crippen LogP contribution < -0.4 is 0 Å². The summed E-state index contributed by atoms with van der Waals surface area (Å²) in [6.07, 6.45) is 0. The molecule has 0 bridgehead atoms. The molecule has 0 radical (unpaired) electrons. The summed E-state index contributed by atoms with van der Waals surface area (Å²) < 4.78 is 2.23. The molecule has 4 nitrogen and oxygen atoms in total. The van der Waals surface area contributed by atoms with E-state index in [4.69, 9.17) is 15.0 Å². The van der Waals surface area contributed by atoms with Crippen molar-refractivity contribution in [3.05, 3.63) is 157 Å². The number of hydrogen-bond acceptors (Lipinski definition) is 3. The standard InChI is InChI=1S/C41H30N4/c1-27-25-36-37(26-28(27)2)43-40(39(42-36)31-11-5-3-6-12-31)32-21-17-29(18-22-32)30-19-23-33(24-20-30)41-44-35-15-9-10-16-38(35)45(41)34-13-7-4-8-14-34/h3-26H,1-2H3. The van der Waals surface area contributed by atoms with Crippen molar-refractivity contribution in [1.29, 1.82) is 0 Å². The topological polar surface area (TPSA) is 43.6 Å². The Hall–Kier alpha value is -5.87. The van der Waals surface area contributed by atoms with E-state index < -0.39 is 0 Å². The summed E-state index contributed by atoms with van der Waals surface area (Å²) in [7, 11) is 0. The molecule has 4 heteroatoms. The van der Waals surface area contributed by atoms with Crippen molar-refractivity contribution < 1.29 is 0 Å². The molecule has 0 spiro atoms. The van der Waals surface area contributed by atoms with E-state index in [0.717, 1.165) is 72.8 Å². The maximum atomic E-state index is 5.15. The zero-order chi connectivity index (χ0) is 30.3. The minimum absolute atomic E-state index is 0.888. The van der Waals surface area contributed by atoms with Crippen LogP contribution in [0.4, 0.5) is 0 Å². The summed E-state index contributed by atoms with van der Waals surface area (Å²) in [5.41, 5.74) is 14.7.